The maximum Gasteiger partial charge on any atom is 0.216 e. The highest BCUT2D eigenvalue weighted by atomic mass is 35.5. The third-order valence-corrected chi connectivity index (χ3v) is 5.62. The standard InChI is InChI=1S/C14H16ClNO3S2/c15-12-5-2-1-4-11(12)10-21(18,19)16-13(7-8-17)14-6-3-9-20-14/h1-6,9,13,16-17H,7-8,10H2/t13-/m0/s1. The Bertz CT molecular complexity index is 671. The van der Waals surface area contributed by atoms with Crippen LogP contribution in [0, 0.1) is 0 Å². The van der Waals surface area contributed by atoms with Gasteiger partial charge in [-0.15, -0.1) is 11.3 Å². The number of halogens is 1. The Labute approximate surface area is 133 Å². The number of benzene rings is 1. The summed E-state index contributed by atoms with van der Waals surface area (Å²) in [4.78, 5) is 0.881. The molecule has 0 aliphatic carbocycles. The van der Waals surface area contributed by atoms with Gasteiger partial charge in [-0.1, -0.05) is 35.9 Å². The topological polar surface area (TPSA) is 66.4 Å². The summed E-state index contributed by atoms with van der Waals surface area (Å²) in [5.41, 5.74) is 0.556. The summed E-state index contributed by atoms with van der Waals surface area (Å²) in [6.07, 6.45) is 0.336. The van der Waals surface area contributed by atoms with E-state index in [2.05, 4.69) is 4.72 Å². The number of sulfonamides is 1. The van der Waals surface area contributed by atoms with Crippen molar-refractivity contribution in [2.24, 2.45) is 0 Å². The highest BCUT2D eigenvalue weighted by Gasteiger charge is 2.21. The van der Waals surface area contributed by atoms with Crippen LogP contribution in [0.4, 0.5) is 0 Å². The van der Waals surface area contributed by atoms with Gasteiger partial charge in [-0.05, 0) is 29.5 Å². The Morgan fingerprint density at radius 1 is 1.24 bits per heavy atom. The molecule has 2 N–H and O–H groups in total. The molecule has 0 saturated carbocycles. The Morgan fingerprint density at radius 2 is 2.00 bits per heavy atom. The first-order chi connectivity index (χ1) is 10.0. The lowest BCUT2D eigenvalue weighted by Gasteiger charge is -2.17. The number of rotatable bonds is 7. The van der Waals surface area contributed by atoms with Crippen LogP contribution in [0.1, 0.15) is 22.9 Å². The molecule has 7 heteroatoms. The number of hydrogen-bond acceptors (Lipinski definition) is 4. The van der Waals surface area contributed by atoms with Gasteiger partial charge >= 0.3 is 0 Å². The zero-order chi connectivity index (χ0) is 15.3. The molecule has 1 heterocycles. The van der Waals surface area contributed by atoms with Gasteiger partial charge in [-0.2, -0.15) is 0 Å². The Balaban J connectivity index is 2.14. The summed E-state index contributed by atoms with van der Waals surface area (Å²) in [6, 6.07) is 10.1. The van der Waals surface area contributed by atoms with Crippen LogP contribution < -0.4 is 4.72 Å². The van der Waals surface area contributed by atoms with E-state index in [4.69, 9.17) is 16.7 Å². The largest absolute Gasteiger partial charge is 0.396 e. The van der Waals surface area contributed by atoms with Crippen LogP contribution in [0.25, 0.3) is 0 Å². The Hall–Kier alpha value is -0.920. The molecule has 0 aliphatic heterocycles. The van der Waals surface area contributed by atoms with E-state index in [9.17, 15) is 8.42 Å². The molecule has 4 nitrogen and oxygen atoms in total. The maximum atomic E-state index is 12.3. The van der Waals surface area contributed by atoms with Crippen molar-refractivity contribution < 1.29 is 13.5 Å². The van der Waals surface area contributed by atoms with E-state index in [1.165, 1.54) is 11.3 Å². The SMILES string of the molecule is O=S(=O)(Cc1ccccc1Cl)N[C@@H](CCO)c1cccs1. The highest BCUT2D eigenvalue weighted by Crippen LogP contribution is 2.24. The number of nitrogens with one attached hydrogen (secondary N) is 1. The first-order valence-corrected chi connectivity index (χ1v) is 9.30. The van der Waals surface area contributed by atoms with Crippen molar-refractivity contribution in [1.29, 1.82) is 0 Å². The van der Waals surface area contributed by atoms with Crippen LogP contribution in [0.15, 0.2) is 41.8 Å². The minimum absolute atomic E-state index is 0.0861. The van der Waals surface area contributed by atoms with E-state index < -0.39 is 16.1 Å². The van der Waals surface area contributed by atoms with Gasteiger partial charge in [0.25, 0.3) is 0 Å². The van der Waals surface area contributed by atoms with Gasteiger partial charge in [-0.25, -0.2) is 13.1 Å². The van der Waals surface area contributed by atoms with Crippen LogP contribution in [-0.4, -0.2) is 20.1 Å². The molecule has 0 spiro atoms. The third-order valence-electron chi connectivity index (χ3n) is 2.93. The van der Waals surface area contributed by atoms with E-state index in [0.717, 1.165) is 4.88 Å². The van der Waals surface area contributed by atoms with Gasteiger partial charge in [0.15, 0.2) is 0 Å². The minimum atomic E-state index is -3.54. The molecular formula is C14H16ClNO3S2. The van der Waals surface area contributed by atoms with Crippen molar-refractivity contribution in [1.82, 2.24) is 4.72 Å². The number of hydrogen-bond donors (Lipinski definition) is 2. The molecular weight excluding hydrogens is 330 g/mol. The minimum Gasteiger partial charge on any atom is -0.396 e. The zero-order valence-electron chi connectivity index (χ0n) is 11.2. The van der Waals surface area contributed by atoms with Gasteiger partial charge in [0.2, 0.25) is 10.0 Å². The first kappa shape index (κ1) is 16.5. The molecule has 0 amide bonds. The lowest BCUT2D eigenvalue weighted by atomic mass is 10.2. The van der Waals surface area contributed by atoms with Crippen molar-refractivity contribution in [2.45, 2.75) is 18.2 Å². The summed E-state index contributed by atoms with van der Waals surface area (Å²) in [6.45, 7) is -0.0861. The number of thiophene rings is 1. The fourth-order valence-corrected chi connectivity index (χ4v) is 4.55. The molecule has 0 fully saturated rings. The van der Waals surface area contributed by atoms with Gasteiger partial charge in [0, 0.05) is 16.5 Å². The lowest BCUT2D eigenvalue weighted by molar-refractivity contribution is 0.273. The molecule has 0 radical (unpaired) electrons. The van der Waals surface area contributed by atoms with Crippen molar-refractivity contribution in [2.75, 3.05) is 6.61 Å². The highest BCUT2D eigenvalue weighted by molar-refractivity contribution is 7.88. The van der Waals surface area contributed by atoms with Crippen LogP contribution in [-0.2, 0) is 15.8 Å². The first-order valence-electron chi connectivity index (χ1n) is 6.39. The number of aliphatic hydroxyl groups is 1. The zero-order valence-corrected chi connectivity index (χ0v) is 13.6. The van der Waals surface area contributed by atoms with Gasteiger partial charge in [0.1, 0.15) is 0 Å². The van der Waals surface area contributed by atoms with Gasteiger partial charge in [-0.3, -0.25) is 0 Å². The van der Waals surface area contributed by atoms with E-state index in [1.807, 2.05) is 17.5 Å². The summed E-state index contributed by atoms with van der Waals surface area (Å²) < 4.78 is 27.2. The fourth-order valence-electron chi connectivity index (χ4n) is 1.96. The summed E-state index contributed by atoms with van der Waals surface area (Å²) >= 11 is 7.45. The molecule has 0 saturated heterocycles. The third kappa shape index (κ3) is 4.79. The van der Waals surface area contributed by atoms with Crippen LogP contribution in [0.3, 0.4) is 0 Å². The van der Waals surface area contributed by atoms with Crippen molar-refractivity contribution in [3.8, 4) is 0 Å². The fraction of sp³-hybridized carbons (Fsp3) is 0.286. The van der Waals surface area contributed by atoms with E-state index >= 15 is 0 Å². The molecule has 1 atom stereocenters. The second-order valence-corrected chi connectivity index (χ2v) is 7.69. The van der Waals surface area contributed by atoms with Crippen molar-refractivity contribution in [3.05, 3.63) is 57.2 Å². The Morgan fingerprint density at radius 3 is 2.62 bits per heavy atom. The van der Waals surface area contributed by atoms with Crippen LogP contribution in [0.5, 0.6) is 0 Å². The average Bonchev–Trinajstić information content (AvgIpc) is 2.94. The van der Waals surface area contributed by atoms with Crippen molar-refractivity contribution in [3.63, 3.8) is 0 Å². The lowest BCUT2D eigenvalue weighted by Crippen LogP contribution is -2.30. The van der Waals surface area contributed by atoms with Crippen LogP contribution >= 0.6 is 22.9 Å². The monoisotopic (exact) mass is 345 g/mol. The number of aliphatic hydroxyl groups excluding tert-OH is 1. The smallest absolute Gasteiger partial charge is 0.216 e. The summed E-state index contributed by atoms with van der Waals surface area (Å²) in [5.74, 6) is -0.181. The maximum absolute atomic E-state index is 12.3. The molecule has 114 valence electrons. The molecule has 0 unspecified atom stereocenters. The van der Waals surface area contributed by atoms with Crippen molar-refractivity contribution >= 4 is 33.0 Å². The van der Waals surface area contributed by atoms with E-state index in [0.29, 0.717) is 17.0 Å². The quantitative estimate of drug-likeness (QED) is 0.810. The second kappa shape index (κ2) is 7.38. The predicted molar refractivity (Wildman–Crippen MR) is 86.0 cm³/mol. The normalized spacial score (nSPS) is 13.2. The average molecular weight is 346 g/mol. The summed E-state index contributed by atoms with van der Waals surface area (Å²) in [5, 5.41) is 11.4. The van der Waals surface area contributed by atoms with Gasteiger partial charge < -0.3 is 5.11 Å². The molecule has 0 bridgehead atoms. The molecule has 21 heavy (non-hydrogen) atoms. The molecule has 2 rings (SSSR count). The van der Waals surface area contributed by atoms with E-state index in [1.54, 1.807) is 24.3 Å². The molecule has 0 aliphatic rings. The second-order valence-electron chi connectivity index (χ2n) is 4.55. The molecule has 1 aromatic carbocycles. The Kier molecular flexibility index (Phi) is 5.78. The molecule has 2 aromatic rings. The summed E-state index contributed by atoms with van der Waals surface area (Å²) in [7, 11) is -3.54. The predicted octanol–water partition coefficient (Wildman–Crippen LogP) is 2.94. The molecule has 1 aromatic heterocycles. The van der Waals surface area contributed by atoms with E-state index in [-0.39, 0.29) is 12.4 Å². The van der Waals surface area contributed by atoms with Crippen LogP contribution in [0.2, 0.25) is 5.02 Å². The van der Waals surface area contributed by atoms with Gasteiger partial charge in [0.05, 0.1) is 11.8 Å².